The van der Waals surface area contributed by atoms with Crippen LogP contribution in [0.4, 0.5) is 4.39 Å². The standard InChI is InChI=1S/C19H20FNO4S/c1-13-12-14(5-10-18(13)25-2)19(22)17-4-3-11-21(17)26(23,24)16-8-6-15(20)7-9-16/h5-10,12,17H,3-4,11H2,1-2H3. The molecule has 1 heterocycles. The molecule has 2 aromatic rings. The van der Waals surface area contributed by atoms with Crippen molar-refractivity contribution in [3.63, 3.8) is 0 Å². The molecule has 0 spiro atoms. The number of hydrogen-bond donors (Lipinski definition) is 0. The Bertz CT molecular complexity index is 925. The van der Waals surface area contributed by atoms with Crippen LogP contribution >= 0.6 is 0 Å². The van der Waals surface area contributed by atoms with Gasteiger partial charge in [-0.1, -0.05) is 0 Å². The van der Waals surface area contributed by atoms with Crippen molar-refractivity contribution in [2.45, 2.75) is 30.7 Å². The summed E-state index contributed by atoms with van der Waals surface area (Å²) in [7, 11) is -2.31. The summed E-state index contributed by atoms with van der Waals surface area (Å²) in [6.45, 7) is 2.10. The van der Waals surface area contributed by atoms with Crippen LogP contribution in [0.5, 0.6) is 5.75 Å². The van der Waals surface area contributed by atoms with Crippen LogP contribution in [-0.2, 0) is 10.0 Å². The number of halogens is 1. The number of ether oxygens (including phenoxy) is 1. The van der Waals surface area contributed by atoms with Gasteiger partial charge in [-0.05, 0) is 67.8 Å². The van der Waals surface area contributed by atoms with Crippen molar-refractivity contribution in [3.05, 3.63) is 59.4 Å². The molecule has 5 nitrogen and oxygen atoms in total. The van der Waals surface area contributed by atoms with Crippen LogP contribution < -0.4 is 4.74 Å². The van der Waals surface area contributed by atoms with Crippen molar-refractivity contribution >= 4 is 15.8 Å². The van der Waals surface area contributed by atoms with Gasteiger partial charge in [0.2, 0.25) is 10.0 Å². The van der Waals surface area contributed by atoms with Gasteiger partial charge < -0.3 is 4.74 Å². The Labute approximate surface area is 152 Å². The lowest BCUT2D eigenvalue weighted by Gasteiger charge is -2.23. The van der Waals surface area contributed by atoms with Gasteiger partial charge in [-0.25, -0.2) is 12.8 Å². The quantitative estimate of drug-likeness (QED) is 0.751. The van der Waals surface area contributed by atoms with Crippen molar-refractivity contribution < 1.29 is 22.3 Å². The van der Waals surface area contributed by atoms with Gasteiger partial charge in [0.05, 0.1) is 18.0 Å². The Morgan fingerprint density at radius 2 is 1.88 bits per heavy atom. The average Bonchev–Trinajstić information content (AvgIpc) is 3.12. The van der Waals surface area contributed by atoms with Crippen molar-refractivity contribution in [1.82, 2.24) is 4.31 Å². The second kappa shape index (κ2) is 7.17. The monoisotopic (exact) mass is 377 g/mol. The van der Waals surface area contributed by atoms with E-state index in [1.54, 1.807) is 25.3 Å². The first-order valence-electron chi connectivity index (χ1n) is 8.31. The minimum absolute atomic E-state index is 0.00971. The molecule has 2 aromatic carbocycles. The number of nitrogens with zero attached hydrogens (tertiary/aromatic N) is 1. The molecule has 138 valence electrons. The lowest BCUT2D eigenvalue weighted by atomic mass is 10.0. The number of benzene rings is 2. The SMILES string of the molecule is COc1ccc(C(=O)C2CCCN2S(=O)(=O)c2ccc(F)cc2)cc1C. The Hall–Kier alpha value is -2.25. The lowest BCUT2D eigenvalue weighted by Crippen LogP contribution is -2.40. The predicted molar refractivity (Wildman–Crippen MR) is 95.4 cm³/mol. The second-order valence-corrected chi connectivity index (χ2v) is 8.17. The highest BCUT2D eigenvalue weighted by Crippen LogP contribution is 2.29. The molecule has 7 heteroatoms. The Kier molecular flexibility index (Phi) is 5.11. The van der Waals surface area contributed by atoms with Gasteiger partial charge in [0.1, 0.15) is 11.6 Å². The highest BCUT2D eigenvalue weighted by atomic mass is 32.2. The van der Waals surface area contributed by atoms with E-state index in [9.17, 15) is 17.6 Å². The first-order chi connectivity index (χ1) is 12.3. The average molecular weight is 377 g/mol. The summed E-state index contributed by atoms with van der Waals surface area (Å²) < 4.78 is 45.3. The minimum Gasteiger partial charge on any atom is -0.496 e. The fourth-order valence-corrected chi connectivity index (χ4v) is 4.91. The summed E-state index contributed by atoms with van der Waals surface area (Å²) in [6.07, 6.45) is 1.07. The van der Waals surface area contributed by atoms with E-state index in [1.165, 1.54) is 16.4 Å². The number of sulfonamides is 1. The minimum atomic E-state index is -3.86. The molecule has 0 bridgehead atoms. The van der Waals surface area contributed by atoms with E-state index in [0.717, 1.165) is 17.7 Å². The van der Waals surface area contributed by atoms with Gasteiger partial charge in [-0.3, -0.25) is 4.79 Å². The molecule has 3 rings (SSSR count). The second-order valence-electron chi connectivity index (χ2n) is 6.28. The van der Waals surface area contributed by atoms with Crippen molar-refractivity contribution in [2.24, 2.45) is 0 Å². The lowest BCUT2D eigenvalue weighted by molar-refractivity contribution is 0.0918. The molecule has 0 N–H and O–H groups in total. The smallest absolute Gasteiger partial charge is 0.243 e. The summed E-state index contributed by atoms with van der Waals surface area (Å²) in [5.41, 5.74) is 1.26. The van der Waals surface area contributed by atoms with Gasteiger partial charge >= 0.3 is 0 Å². The molecule has 1 fully saturated rings. The molecule has 0 radical (unpaired) electrons. The molecule has 0 saturated carbocycles. The van der Waals surface area contributed by atoms with Crippen LogP contribution in [0.2, 0.25) is 0 Å². The molecule has 1 atom stereocenters. The summed E-state index contributed by atoms with van der Waals surface area (Å²) in [6, 6.07) is 8.97. The van der Waals surface area contributed by atoms with Crippen LogP contribution in [0.1, 0.15) is 28.8 Å². The number of carbonyl (C=O) groups excluding carboxylic acids is 1. The molecule has 0 amide bonds. The Morgan fingerprint density at radius 1 is 1.19 bits per heavy atom. The van der Waals surface area contributed by atoms with Gasteiger partial charge in [0.25, 0.3) is 0 Å². The molecule has 1 aliphatic heterocycles. The van der Waals surface area contributed by atoms with E-state index in [-0.39, 0.29) is 17.2 Å². The molecule has 1 saturated heterocycles. The van der Waals surface area contributed by atoms with E-state index >= 15 is 0 Å². The third-order valence-corrected chi connectivity index (χ3v) is 6.53. The summed E-state index contributed by atoms with van der Waals surface area (Å²) in [5, 5.41) is 0. The van der Waals surface area contributed by atoms with Crippen LogP contribution in [-0.4, -0.2) is 38.2 Å². The molecule has 0 aromatic heterocycles. The van der Waals surface area contributed by atoms with E-state index in [2.05, 4.69) is 0 Å². The van der Waals surface area contributed by atoms with Gasteiger partial charge in [0.15, 0.2) is 5.78 Å². The molecule has 26 heavy (non-hydrogen) atoms. The number of methoxy groups -OCH3 is 1. The summed E-state index contributed by atoms with van der Waals surface area (Å²) in [4.78, 5) is 12.9. The van der Waals surface area contributed by atoms with Crippen LogP contribution in [0, 0.1) is 12.7 Å². The van der Waals surface area contributed by atoms with E-state index in [4.69, 9.17) is 4.74 Å². The number of carbonyl (C=O) groups is 1. The molecular weight excluding hydrogens is 357 g/mol. The van der Waals surface area contributed by atoms with Crippen LogP contribution in [0.3, 0.4) is 0 Å². The maximum absolute atomic E-state index is 13.1. The van der Waals surface area contributed by atoms with Gasteiger partial charge in [-0.15, -0.1) is 0 Å². The zero-order valence-corrected chi connectivity index (χ0v) is 15.4. The maximum atomic E-state index is 13.1. The predicted octanol–water partition coefficient (Wildman–Crippen LogP) is 3.18. The molecule has 0 aliphatic carbocycles. The fraction of sp³-hybridized carbons (Fsp3) is 0.316. The Balaban J connectivity index is 1.91. The van der Waals surface area contributed by atoms with Crippen LogP contribution in [0.25, 0.3) is 0 Å². The zero-order chi connectivity index (χ0) is 18.9. The topological polar surface area (TPSA) is 63.7 Å². The number of Topliss-reactive ketones (excluding diaryl/α,β-unsaturated/α-hetero) is 1. The van der Waals surface area contributed by atoms with Gasteiger partial charge in [0, 0.05) is 12.1 Å². The summed E-state index contributed by atoms with van der Waals surface area (Å²) >= 11 is 0. The highest BCUT2D eigenvalue weighted by molar-refractivity contribution is 7.89. The fourth-order valence-electron chi connectivity index (χ4n) is 3.26. The number of aryl methyl sites for hydroxylation is 1. The number of rotatable bonds is 5. The zero-order valence-electron chi connectivity index (χ0n) is 14.6. The molecule has 1 unspecified atom stereocenters. The highest BCUT2D eigenvalue weighted by Gasteiger charge is 2.39. The van der Waals surface area contributed by atoms with Crippen LogP contribution in [0.15, 0.2) is 47.4 Å². The summed E-state index contributed by atoms with van der Waals surface area (Å²) in [5.74, 6) is -0.0746. The first-order valence-corrected chi connectivity index (χ1v) is 9.75. The Morgan fingerprint density at radius 3 is 2.50 bits per heavy atom. The third kappa shape index (κ3) is 3.37. The van der Waals surface area contributed by atoms with Gasteiger partial charge in [-0.2, -0.15) is 4.31 Å². The number of ketones is 1. The van der Waals surface area contributed by atoms with Crippen molar-refractivity contribution in [3.8, 4) is 5.75 Å². The largest absolute Gasteiger partial charge is 0.496 e. The molecule has 1 aliphatic rings. The van der Waals surface area contributed by atoms with E-state index in [0.29, 0.717) is 24.2 Å². The van der Waals surface area contributed by atoms with E-state index < -0.39 is 21.9 Å². The number of hydrogen-bond acceptors (Lipinski definition) is 4. The third-order valence-electron chi connectivity index (χ3n) is 4.61. The maximum Gasteiger partial charge on any atom is 0.243 e. The normalized spacial score (nSPS) is 18.0. The molecular formula is C19H20FNO4S. The van der Waals surface area contributed by atoms with Crippen molar-refractivity contribution in [1.29, 1.82) is 0 Å². The van der Waals surface area contributed by atoms with Crippen molar-refractivity contribution in [2.75, 3.05) is 13.7 Å². The first kappa shape index (κ1) is 18.5. The van der Waals surface area contributed by atoms with E-state index in [1.807, 2.05) is 6.92 Å².